The van der Waals surface area contributed by atoms with E-state index in [1.54, 1.807) is 14.2 Å². The molecule has 0 unspecified atom stereocenters. The molecule has 2 aliphatic heterocycles. The van der Waals surface area contributed by atoms with Crippen LogP contribution in [0.3, 0.4) is 0 Å². The zero-order valence-electron chi connectivity index (χ0n) is 18.2. The fourth-order valence-electron chi connectivity index (χ4n) is 4.33. The molecule has 0 fully saturated rings. The van der Waals surface area contributed by atoms with Gasteiger partial charge < -0.3 is 19.1 Å². The van der Waals surface area contributed by atoms with Gasteiger partial charge in [-0.15, -0.1) is 0 Å². The first-order valence-corrected chi connectivity index (χ1v) is 11.8. The molecule has 164 valence electrons. The average Bonchev–Trinajstić information content (AvgIpc) is 3.17. The second-order valence-electron chi connectivity index (χ2n) is 8.00. The Bertz CT molecular complexity index is 1020. The first-order valence-electron chi connectivity index (χ1n) is 10.6. The number of benzene rings is 2. The number of aryl methyl sites for hydroxylation is 2. The molecule has 2 aromatic carbocycles. The number of rotatable bonds is 7. The maximum Gasteiger partial charge on any atom is 0.258 e. The number of methoxy groups -OCH3 is 2. The van der Waals surface area contributed by atoms with Crippen LogP contribution in [0.15, 0.2) is 36.5 Å². The highest BCUT2D eigenvalue weighted by Gasteiger charge is 2.34. The highest BCUT2D eigenvalue weighted by molar-refractivity contribution is 9.09. The summed E-state index contributed by atoms with van der Waals surface area (Å²) in [5.74, 6) is 2.21. The predicted molar refractivity (Wildman–Crippen MR) is 126 cm³/mol. The van der Waals surface area contributed by atoms with Crippen molar-refractivity contribution in [3.8, 4) is 17.2 Å². The van der Waals surface area contributed by atoms with E-state index in [2.05, 4.69) is 34.1 Å². The van der Waals surface area contributed by atoms with Crippen LogP contribution in [0.4, 0.5) is 0 Å². The topological polar surface area (TPSA) is 48.0 Å². The minimum Gasteiger partial charge on any atom is -0.496 e. The number of ether oxygens (including phenoxy) is 3. The van der Waals surface area contributed by atoms with Gasteiger partial charge in [0.2, 0.25) is 0 Å². The van der Waals surface area contributed by atoms with Crippen LogP contribution in [0.2, 0.25) is 0 Å². The normalized spacial score (nSPS) is 17.5. The van der Waals surface area contributed by atoms with Crippen LogP contribution < -0.4 is 14.2 Å². The van der Waals surface area contributed by atoms with E-state index in [9.17, 15) is 4.79 Å². The van der Waals surface area contributed by atoms with E-state index in [0.717, 1.165) is 53.5 Å². The van der Waals surface area contributed by atoms with Crippen molar-refractivity contribution in [3.63, 3.8) is 0 Å². The number of hydrogen-bond acceptors (Lipinski definition) is 4. The Hall–Kier alpha value is -2.47. The standard InChI is InChI=1S/C25H28BrNO4/c1-16-5-6-17(12-22(16)29-2)19-11-20-8-7-18-13-24(31-10-4-9-26)23(30-3)14-21(18)25(28)27(20)15-19/h5-6,12-15,20H,4,7-11H2,1-3H3/t20-/m1/s1. The summed E-state index contributed by atoms with van der Waals surface area (Å²) in [6.45, 7) is 2.64. The molecule has 0 N–H and O–H groups in total. The predicted octanol–water partition coefficient (Wildman–Crippen LogP) is 5.38. The lowest BCUT2D eigenvalue weighted by Gasteiger charge is -2.21. The average molecular weight is 486 g/mol. The minimum atomic E-state index is 0.0249. The van der Waals surface area contributed by atoms with Crippen molar-refractivity contribution in [2.24, 2.45) is 0 Å². The Morgan fingerprint density at radius 3 is 2.65 bits per heavy atom. The highest BCUT2D eigenvalue weighted by Crippen LogP contribution is 2.40. The number of carbonyl (C=O) groups is 1. The fourth-order valence-corrected chi connectivity index (χ4v) is 4.56. The molecule has 2 aliphatic rings. The first-order chi connectivity index (χ1) is 15.0. The molecule has 0 aliphatic carbocycles. The molecular weight excluding hydrogens is 458 g/mol. The molecule has 2 aromatic rings. The smallest absolute Gasteiger partial charge is 0.258 e. The van der Waals surface area contributed by atoms with Crippen LogP contribution in [0, 0.1) is 6.92 Å². The van der Waals surface area contributed by atoms with E-state index in [0.29, 0.717) is 23.7 Å². The van der Waals surface area contributed by atoms with Crippen molar-refractivity contribution in [1.29, 1.82) is 0 Å². The van der Waals surface area contributed by atoms with Gasteiger partial charge in [-0.25, -0.2) is 0 Å². The van der Waals surface area contributed by atoms with Crippen molar-refractivity contribution in [3.05, 3.63) is 58.8 Å². The quantitative estimate of drug-likeness (QED) is 0.390. The summed E-state index contributed by atoms with van der Waals surface area (Å²) in [6, 6.07) is 10.2. The molecule has 6 heteroatoms. The molecular formula is C25H28BrNO4. The van der Waals surface area contributed by atoms with Crippen LogP contribution in [0.25, 0.3) is 5.57 Å². The molecule has 0 saturated carbocycles. The van der Waals surface area contributed by atoms with E-state index in [1.165, 1.54) is 5.57 Å². The number of halogens is 1. The van der Waals surface area contributed by atoms with Gasteiger partial charge in [-0.3, -0.25) is 4.79 Å². The second kappa shape index (κ2) is 9.35. The summed E-state index contributed by atoms with van der Waals surface area (Å²) in [7, 11) is 3.30. The Kier molecular flexibility index (Phi) is 6.56. The second-order valence-corrected chi connectivity index (χ2v) is 8.79. The summed E-state index contributed by atoms with van der Waals surface area (Å²) in [5.41, 5.74) is 5.11. The minimum absolute atomic E-state index is 0.0249. The lowest BCUT2D eigenvalue weighted by molar-refractivity contribution is 0.0788. The first kappa shape index (κ1) is 21.8. The third kappa shape index (κ3) is 4.31. The molecule has 2 heterocycles. The van der Waals surface area contributed by atoms with E-state index in [-0.39, 0.29) is 11.9 Å². The van der Waals surface area contributed by atoms with Crippen molar-refractivity contribution >= 4 is 27.4 Å². The van der Waals surface area contributed by atoms with Gasteiger partial charge in [0, 0.05) is 23.1 Å². The number of hydrogen-bond donors (Lipinski definition) is 0. The summed E-state index contributed by atoms with van der Waals surface area (Å²) in [4.78, 5) is 15.4. The van der Waals surface area contributed by atoms with Crippen LogP contribution in [0.1, 0.15) is 46.3 Å². The molecule has 31 heavy (non-hydrogen) atoms. The van der Waals surface area contributed by atoms with Crippen molar-refractivity contribution in [2.75, 3.05) is 26.2 Å². The lowest BCUT2D eigenvalue weighted by Crippen LogP contribution is -2.31. The summed E-state index contributed by atoms with van der Waals surface area (Å²) >= 11 is 3.42. The van der Waals surface area contributed by atoms with E-state index < -0.39 is 0 Å². The van der Waals surface area contributed by atoms with E-state index in [4.69, 9.17) is 14.2 Å². The number of carbonyl (C=O) groups excluding carboxylic acids is 1. The Morgan fingerprint density at radius 2 is 1.90 bits per heavy atom. The molecule has 0 saturated heterocycles. The van der Waals surface area contributed by atoms with Crippen molar-refractivity contribution in [2.45, 2.75) is 38.6 Å². The van der Waals surface area contributed by atoms with Crippen LogP contribution in [0.5, 0.6) is 17.2 Å². The number of nitrogens with zero attached hydrogens (tertiary/aromatic N) is 1. The van der Waals surface area contributed by atoms with Gasteiger partial charge in [0.15, 0.2) is 11.5 Å². The van der Waals surface area contributed by atoms with E-state index in [1.807, 2.05) is 30.2 Å². The molecule has 0 radical (unpaired) electrons. The third-order valence-corrected chi connectivity index (χ3v) is 6.62. The van der Waals surface area contributed by atoms with Crippen LogP contribution in [-0.2, 0) is 6.42 Å². The molecule has 0 bridgehead atoms. The number of fused-ring (bicyclic) bond motifs is 2. The largest absolute Gasteiger partial charge is 0.496 e. The summed E-state index contributed by atoms with van der Waals surface area (Å²) in [5, 5.41) is 0.886. The van der Waals surface area contributed by atoms with Crippen molar-refractivity contribution in [1.82, 2.24) is 4.90 Å². The molecule has 0 aromatic heterocycles. The van der Waals surface area contributed by atoms with Gasteiger partial charge in [0.25, 0.3) is 5.91 Å². The van der Waals surface area contributed by atoms with Gasteiger partial charge in [-0.2, -0.15) is 0 Å². The summed E-state index contributed by atoms with van der Waals surface area (Å²) < 4.78 is 16.9. The van der Waals surface area contributed by atoms with Crippen LogP contribution >= 0.6 is 15.9 Å². The van der Waals surface area contributed by atoms with Gasteiger partial charge in [-0.05, 0) is 73.1 Å². The zero-order valence-corrected chi connectivity index (χ0v) is 19.8. The van der Waals surface area contributed by atoms with Gasteiger partial charge in [-0.1, -0.05) is 28.1 Å². The highest BCUT2D eigenvalue weighted by atomic mass is 79.9. The van der Waals surface area contributed by atoms with Gasteiger partial charge in [0.1, 0.15) is 5.75 Å². The Balaban J connectivity index is 1.64. The molecule has 1 atom stereocenters. The maximum absolute atomic E-state index is 13.5. The van der Waals surface area contributed by atoms with Crippen LogP contribution in [-0.4, -0.2) is 43.0 Å². The number of alkyl halides is 1. The zero-order chi connectivity index (χ0) is 22.0. The third-order valence-electron chi connectivity index (χ3n) is 6.06. The number of amides is 1. The molecule has 0 spiro atoms. The molecule has 4 rings (SSSR count). The summed E-state index contributed by atoms with van der Waals surface area (Å²) in [6.07, 6.45) is 5.51. The van der Waals surface area contributed by atoms with Crippen molar-refractivity contribution < 1.29 is 19.0 Å². The Labute approximate surface area is 192 Å². The maximum atomic E-state index is 13.5. The monoisotopic (exact) mass is 485 g/mol. The van der Waals surface area contributed by atoms with Gasteiger partial charge in [0.05, 0.1) is 20.8 Å². The molecule has 5 nitrogen and oxygen atoms in total. The molecule has 1 amide bonds. The van der Waals surface area contributed by atoms with Gasteiger partial charge >= 0.3 is 0 Å². The lowest BCUT2D eigenvalue weighted by atomic mass is 9.97. The fraction of sp³-hybridized carbons (Fsp3) is 0.400. The SMILES string of the molecule is COc1cc(C2=CN3C(=O)c4cc(OC)c(OCCCBr)cc4CC[C@@H]3C2)ccc1C. The Morgan fingerprint density at radius 1 is 1.10 bits per heavy atom. The van der Waals surface area contributed by atoms with E-state index >= 15 is 0 Å².